The molecule has 0 saturated carbocycles. The summed E-state index contributed by atoms with van der Waals surface area (Å²) < 4.78 is 14.5. The zero-order valence-corrected chi connectivity index (χ0v) is 13.1. The number of halogens is 2. The summed E-state index contributed by atoms with van der Waals surface area (Å²) in [6, 6.07) is 7.02. The summed E-state index contributed by atoms with van der Waals surface area (Å²) in [7, 11) is 0. The molecule has 2 rings (SSSR count). The van der Waals surface area contributed by atoms with E-state index in [2.05, 4.69) is 15.9 Å². The number of rotatable bonds is 4. The first-order valence-electron chi connectivity index (χ1n) is 6.33. The average molecular weight is 367 g/mol. The second-order valence-corrected chi connectivity index (χ2v) is 5.76. The fraction of sp³-hybridized carbons (Fsp3) is 0.125. The van der Waals surface area contributed by atoms with Gasteiger partial charge in [0.2, 0.25) is 0 Å². The first-order valence-corrected chi connectivity index (χ1v) is 7.13. The van der Waals surface area contributed by atoms with Crippen molar-refractivity contribution in [2.75, 3.05) is 0 Å². The minimum Gasteiger partial charge on any atom is -0.478 e. The molecule has 0 fully saturated rings. The molecule has 0 radical (unpaired) electrons. The van der Waals surface area contributed by atoms with E-state index in [1.54, 1.807) is 19.1 Å². The lowest BCUT2D eigenvalue weighted by Gasteiger charge is -2.12. The van der Waals surface area contributed by atoms with Crippen LogP contribution >= 0.6 is 15.9 Å². The zero-order chi connectivity index (χ0) is 16.4. The van der Waals surface area contributed by atoms with E-state index in [0.29, 0.717) is 21.2 Å². The van der Waals surface area contributed by atoms with E-state index in [-0.39, 0.29) is 17.5 Å². The molecule has 0 aromatic heterocycles. The summed E-state index contributed by atoms with van der Waals surface area (Å²) >= 11 is 3.16. The van der Waals surface area contributed by atoms with Crippen LogP contribution in [0.4, 0.5) is 4.39 Å². The van der Waals surface area contributed by atoms with Gasteiger partial charge in [-0.25, -0.2) is 14.0 Å². The Balaban J connectivity index is 2.54. The van der Waals surface area contributed by atoms with Crippen LogP contribution in [0.15, 0.2) is 34.8 Å². The maximum atomic E-state index is 13.9. The molecule has 0 heterocycles. The van der Waals surface area contributed by atoms with E-state index in [0.717, 1.165) is 6.07 Å². The number of aryl methyl sites for hydroxylation is 1. The molecule has 0 aliphatic carbocycles. The van der Waals surface area contributed by atoms with Gasteiger partial charge in [0, 0.05) is 10.9 Å². The fourth-order valence-electron chi connectivity index (χ4n) is 2.22. The quantitative estimate of drug-likeness (QED) is 0.860. The summed E-state index contributed by atoms with van der Waals surface area (Å²) in [4.78, 5) is 22.4. The Morgan fingerprint density at radius 3 is 2.36 bits per heavy atom. The molecular weight excluding hydrogens is 355 g/mol. The Hall–Kier alpha value is -2.21. The molecule has 0 amide bonds. The van der Waals surface area contributed by atoms with E-state index in [4.69, 9.17) is 5.11 Å². The summed E-state index contributed by atoms with van der Waals surface area (Å²) in [5, 5.41) is 18.3. The molecule has 6 heteroatoms. The number of aromatic carboxylic acids is 2. The Kier molecular flexibility index (Phi) is 4.61. The van der Waals surface area contributed by atoms with Gasteiger partial charge < -0.3 is 10.2 Å². The smallest absolute Gasteiger partial charge is 0.336 e. The molecule has 0 saturated heterocycles. The summed E-state index contributed by atoms with van der Waals surface area (Å²) in [6.07, 6.45) is 0.0759. The third kappa shape index (κ3) is 3.33. The number of hydrogen-bond acceptors (Lipinski definition) is 2. The van der Waals surface area contributed by atoms with Gasteiger partial charge in [-0.2, -0.15) is 0 Å². The van der Waals surface area contributed by atoms with Gasteiger partial charge in [-0.05, 0) is 47.9 Å². The van der Waals surface area contributed by atoms with Crippen molar-refractivity contribution in [1.82, 2.24) is 0 Å². The van der Waals surface area contributed by atoms with Crippen molar-refractivity contribution >= 4 is 27.9 Å². The van der Waals surface area contributed by atoms with Crippen LogP contribution in [0.2, 0.25) is 0 Å². The molecule has 2 N–H and O–H groups in total. The molecule has 2 aromatic carbocycles. The van der Waals surface area contributed by atoms with Gasteiger partial charge in [-0.1, -0.05) is 22.0 Å². The van der Waals surface area contributed by atoms with Gasteiger partial charge in [0.05, 0.1) is 11.1 Å². The summed E-state index contributed by atoms with van der Waals surface area (Å²) in [6.45, 7) is 1.62. The molecule has 4 nitrogen and oxygen atoms in total. The van der Waals surface area contributed by atoms with Crippen LogP contribution in [0.25, 0.3) is 0 Å². The lowest BCUT2D eigenvalue weighted by Crippen LogP contribution is -2.09. The van der Waals surface area contributed by atoms with Crippen molar-refractivity contribution in [1.29, 1.82) is 0 Å². The molecule has 0 aliphatic rings. The number of carboxylic acid groups (broad SMARTS) is 2. The number of hydrogen-bond donors (Lipinski definition) is 2. The first kappa shape index (κ1) is 16.2. The van der Waals surface area contributed by atoms with Gasteiger partial charge in [-0.3, -0.25) is 0 Å². The number of carboxylic acids is 2. The van der Waals surface area contributed by atoms with Gasteiger partial charge in [0.15, 0.2) is 0 Å². The molecule has 0 atom stereocenters. The Morgan fingerprint density at radius 2 is 1.82 bits per heavy atom. The normalized spacial score (nSPS) is 10.5. The second-order valence-electron chi connectivity index (χ2n) is 4.84. The van der Waals surface area contributed by atoms with Crippen molar-refractivity contribution < 1.29 is 24.2 Å². The summed E-state index contributed by atoms with van der Waals surface area (Å²) in [5.41, 5.74) is 1.02. The van der Waals surface area contributed by atoms with Crippen LogP contribution < -0.4 is 0 Å². The van der Waals surface area contributed by atoms with Crippen molar-refractivity contribution in [3.05, 3.63) is 68.4 Å². The van der Waals surface area contributed by atoms with Crippen molar-refractivity contribution in [2.45, 2.75) is 13.3 Å². The molecule has 114 valence electrons. The van der Waals surface area contributed by atoms with Crippen LogP contribution in [-0.4, -0.2) is 22.2 Å². The van der Waals surface area contributed by atoms with Gasteiger partial charge in [0.1, 0.15) is 5.82 Å². The van der Waals surface area contributed by atoms with Crippen LogP contribution in [0.3, 0.4) is 0 Å². The second kappa shape index (κ2) is 6.27. The largest absolute Gasteiger partial charge is 0.478 e. The van der Waals surface area contributed by atoms with Crippen LogP contribution in [0.1, 0.15) is 37.4 Å². The predicted molar refractivity (Wildman–Crippen MR) is 82.0 cm³/mol. The van der Waals surface area contributed by atoms with E-state index < -0.39 is 17.8 Å². The minimum atomic E-state index is -1.24. The highest BCUT2D eigenvalue weighted by Crippen LogP contribution is 2.24. The SMILES string of the molecule is Cc1cc(C(=O)O)cc(C(=O)O)c1Cc1ccc(Br)cc1F. The van der Waals surface area contributed by atoms with E-state index in [1.165, 1.54) is 12.1 Å². The molecule has 2 aromatic rings. The van der Waals surface area contributed by atoms with Crippen molar-refractivity contribution in [2.24, 2.45) is 0 Å². The van der Waals surface area contributed by atoms with Crippen LogP contribution in [0.5, 0.6) is 0 Å². The lowest BCUT2D eigenvalue weighted by molar-refractivity contribution is 0.0695. The van der Waals surface area contributed by atoms with E-state index in [1.807, 2.05) is 0 Å². The van der Waals surface area contributed by atoms with Crippen molar-refractivity contribution in [3.63, 3.8) is 0 Å². The zero-order valence-electron chi connectivity index (χ0n) is 11.6. The van der Waals surface area contributed by atoms with E-state index in [9.17, 15) is 19.1 Å². The third-order valence-electron chi connectivity index (χ3n) is 3.33. The topological polar surface area (TPSA) is 74.6 Å². The standard InChI is InChI=1S/C16H12BrFO4/c1-8-4-10(15(19)20)6-13(16(21)22)12(8)5-9-2-3-11(17)7-14(9)18/h2-4,6-7H,5H2,1H3,(H,19,20)(H,21,22). The highest BCUT2D eigenvalue weighted by molar-refractivity contribution is 9.10. The fourth-order valence-corrected chi connectivity index (χ4v) is 2.55. The van der Waals surface area contributed by atoms with Crippen molar-refractivity contribution in [3.8, 4) is 0 Å². The Labute approximate surface area is 134 Å². The maximum Gasteiger partial charge on any atom is 0.336 e. The third-order valence-corrected chi connectivity index (χ3v) is 3.83. The molecule has 0 aliphatic heterocycles. The highest BCUT2D eigenvalue weighted by atomic mass is 79.9. The van der Waals surface area contributed by atoms with Gasteiger partial charge >= 0.3 is 11.9 Å². The minimum absolute atomic E-state index is 0.0759. The van der Waals surface area contributed by atoms with Gasteiger partial charge in [0.25, 0.3) is 0 Å². The van der Waals surface area contributed by atoms with E-state index >= 15 is 0 Å². The molecule has 0 bridgehead atoms. The first-order chi connectivity index (χ1) is 10.3. The maximum absolute atomic E-state index is 13.9. The molecule has 0 spiro atoms. The van der Waals surface area contributed by atoms with Gasteiger partial charge in [-0.15, -0.1) is 0 Å². The molecule has 0 unspecified atom stereocenters. The Morgan fingerprint density at radius 1 is 1.14 bits per heavy atom. The van der Waals surface area contributed by atoms with Crippen LogP contribution in [-0.2, 0) is 6.42 Å². The monoisotopic (exact) mass is 366 g/mol. The molecule has 22 heavy (non-hydrogen) atoms. The summed E-state index contributed by atoms with van der Waals surface area (Å²) in [5.74, 6) is -2.89. The highest BCUT2D eigenvalue weighted by Gasteiger charge is 2.18. The van der Waals surface area contributed by atoms with Crippen LogP contribution in [0, 0.1) is 12.7 Å². The molecular formula is C16H12BrFO4. The lowest BCUT2D eigenvalue weighted by atomic mass is 9.93. The number of benzene rings is 2. The Bertz CT molecular complexity index is 771. The number of carbonyl (C=O) groups is 2. The average Bonchev–Trinajstić information content (AvgIpc) is 2.42. The predicted octanol–water partition coefficient (Wildman–Crippen LogP) is 3.88.